The van der Waals surface area contributed by atoms with E-state index in [4.69, 9.17) is 23.2 Å². The first kappa shape index (κ1) is 20.6. The molecule has 27 heavy (non-hydrogen) atoms. The van der Waals surface area contributed by atoms with Crippen LogP contribution >= 0.6 is 23.2 Å². The summed E-state index contributed by atoms with van der Waals surface area (Å²) >= 11 is 12.0. The predicted octanol–water partition coefficient (Wildman–Crippen LogP) is 1.81. The Labute approximate surface area is 168 Å². The summed E-state index contributed by atoms with van der Waals surface area (Å²) in [6.07, 6.45) is 3.17. The molecule has 1 aromatic carbocycles. The van der Waals surface area contributed by atoms with E-state index in [-0.39, 0.29) is 46.1 Å². The Bertz CT molecular complexity index is 1050. The fourth-order valence-electron chi connectivity index (χ4n) is 2.82. The summed E-state index contributed by atoms with van der Waals surface area (Å²) in [6, 6.07) is 4.23. The zero-order chi connectivity index (χ0) is 19.8. The number of benzene rings is 1. The number of sulfonamides is 2. The van der Waals surface area contributed by atoms with Gasteiger partial charge in [0.15, 0.2) is 5.03 Å². The fraction of sp³-hybridized carbons (Fsp3) is 0.400. The Balaban J connectivity index is 1.83. The topological polar surface area (TPSA) is 92.6 Å². The number of rotatable bonds is 4. The van der Waals surface area contributed by atoms with Crippen molar-refractivity contribution in [3.63, 3.8) is 0 Å². The largest absolute Gasteiger partial charge is 0.339 e. The Morgan fingerprint density at radius 3 is 2.19 bits per heavy atom. The minimum atomic E-state index is -3.89. The number of imidazole rings is 1. The molecule has 0 unspecified atom stereocenters. The first-order chi connectivity index (χ1) is 12.6. The van der Waals surface area contributed by atoms with Crippen LogP contribution in [-0.2, 0) is 27.1 Å². The predicted molar refractivity (Wildman–Crippen MR) is 102 cm³/mol. The summed E-state index contributed by atoms with van der Waals surface area (Å²) in [5, 5.41) is 0.271. The summed E-state index contributed by atoms with van der Waals surface area (Å²) in [5.74, 6) is 0. The molecule has 0 bridgehead atoms. The molecule has 0 spiro atoms. The third-order valence-electron chi connectivity index (χ3n) is 4.21. The van der Waals surface area contributed by atoms with Gasteiger partial charge in [0.25, 0.3) is 10.0 Å². The van der Waals surface area contributed by atoms with E-state index < -0.39 is 20.0 Å². The van der Waals surface area contributed by atoms with Gasteiger partial charge in [-0.3, -0.25) is 0 Å². The van der Waals surface area contributed by atoms with Gasteiger partial charge in [-0.15, -0.1) is 0 Å². The Hall–Kier alpha value is -1.17. The molecule has 8 nitrogen and oxygen atoms in total. The molecule has 1 aromatic heterocycles. The van der Waals surface area contributed by atoms with Gasteiger partial charge in [-0.05, 0) is 24.6 Å². The molecule has 0 aliphatic carbocycles. The molecule has 1 aliphatic rings. The van der Waals surface area contributed by atoms with Crippen LogP contribution in [0.15, 0.2) is 40.6 Å². The van der Waals surface area contributed by atoms with Crippen molar-refractivity contribution in [1.29, 1.82) is 0 Å². The lowest BCUT2D eigenvalue weighted by molar-refractivity contribution is 0.403. The highest BCUT2D eigenvalue weighted by atomic mass is 35.5. The smallest absolute Gasteiger partial charge is 0.262 e. The van der Waals surface area contributed by atoms with Crippen molar-refractivity contribution in [1.82, 2.24) is 18.2 Å². The average Bonchev–Trinajstić information content (AvgIpc) is 2.89. The highest BCUT2D eigenvalue weighted by Gasteiger charge is 2.33. The normalized spacial score (nSPS) is 17.7. The molecule has 12 heteroatoms. The minimum absolute atomic E-state index is 0.0111. The van der Waals surface area contributed by atoms with Crippen LogP contribution in [-0.4, -0.2) is 61.2 Å². The molecule has 0 amide bonds. The summed E-state index contributed by atoms with van der Waals surface area (Å²) < 4.78 is 55.4. The van der Waals surface area contributed by atoms with Gasteiger partial charge in [-0.25, -0.2) is 21.8 Å². The Kier molecular flexibility index (Phi) is 5.85. The maximum absolute atomic E-state index is 12.9. The monoisotopic (exact) mass is 452 g/mol. The molecule has 1 saturated heterocycles. The Morgan fingerprint density at radius 2 is 1.59 bits per heavy atom. The second-order valence-electron chi connectivity index (χ2n) is 6.11. The van der Waals surface area contributed by atoms with Gasteiger partial charge in [0.2, 0.25) is 10.0 Å². The number of aromatic nitrogens is 2. The summed E-state index contributed by atoms with van der Waals surface area (Å²) in [5.41, 5.74) is 0. The van der Waals surface area contributed by atoms with Gasteiger partial charge in [0.05, 0.1) is 11.3 Å². The van der Waals surface area contributed by atoms with E-state index in [2.05, 4.69) is 4.98 Å². The molecule has 3 rings (SSSR count). The standard InChI is InChI=1S/C15H18Cl2N4O4S2/c1-19-10-15(18-11-19)27(24,25)21-6-2-5-20(7-8-21)26(22,23)14-9-12(16)3-4-13(14)17/h3-4,9-11H,2,5-8H2,1H3. The number of halogens is 2. The molecule has 2 aromatic rings. The first-order valence-corrected chi connectivity index (χ1v) is 11.7. The van der Waals surface area contributed by atoms with Gasteiger partial charge in [-0.2, -0.15) is 8.61 Å². The van der Waals surface area contributed by atoms with Gasteiger partial charge in [0, 0.05) is 44.4 Å². The van der Waals surface area contributed by atoms with Crippen LogP contribution < -0.4 is 0 Å². The second-order valence-corrected chi connectivity index (χ2v) is 10.7. The van der Waals surface area contributed by atoms with Crippen LogP contribution in [0.4, 0.5) is 0 Å². The zero-order valence-electron chi connectivity index (χ0n) is 14.4. The van der Waals surface area contributed by atoms with E-state index >= 15 is 0 Å². The number of hydrogen-bond donors (Lipinski definition) is 0. The number of aryl methyl sites for hydroxylation is 1. The molecule has 0 saturated carbocycles. The minimum Gasteiger partial charge on any atom is -0.339 e. The van der Waals surface area contributed by atoms with Gasteiger partial charge in [0.1, 0.15) is 4.90 Å². The van der Waals surface area contributed by atoms with Crippen molar-refractivity contribution in [2.75, 3.05) is 26.2 Å². The SMILES string of the molecule is Cn1cnc(S(=O)(=O)N2CCCN(S(=O)(=O)c3cc(Cl)ccc3Cl)CC2)c1. The van der Waals surface area contributed by atoms with Gasteiger partial charge in [-0.1, -0.05) is 23.2 Å². The van der Waals surface area contributed by atoms with Crippen LogP contribution in [0.3, 0.4) is 0 Å². The van der Waals surface area contributed by atoms with Crippen LogP contribution in [0.25, 0.3) is 0 Å². The van der Waals surface area contributed by atoms with Gasteiger partial charge >= 0.3 is 0 Å². The van der Waals surface area contributed by atoms with Crippen molar-refractivity contribution in [3.8, 4) is 0 Å². The van der Waals surface area contributed by atoms with Crippen LogP contribution in [0.1, 0.15) is 6.42 Å². The third-order valence-corrected chi connectivity index (χ3v) is 8.61. The zero-order valence-corrected chi connectivity index (χ0v) is 17.6. The number of nitrogens with zero attached hydrogens (tertiary/aromatic N) is 4. The molecule has 1 fully saturated rings. The summed E-state index contributed by atoms with van der Waals surface area (Å²) in [4.78, 5) is 3.81. The van der Waals surface area contributed by atoms with Crippen LogP contribution in [0.2, 0.25) is 10.0 Å². The van der Waals surface area contributed by atoms with Crippen molar-refractivity contribution in [3.05, 3.63) is 40.8 Å². The van der Waals surface area contributed by atoms with E-state index in [1.165, 1.54) is 39.3 Å². The highest BCUT2D eigenvalue weighted by Crippen LogP contribution is 2.28. The van der Waals surface area contributed by atoms with E-state index in [0.29, 0.717) is 6.42 Å². The van der Waals surface area contributed by atoms with Crippen molar-refractivity contribution < 1.29 is 16.8 Å². The molecular formula is C15H18Cl2N4O4S2. The van der Waals surface area contributed by atoms with E-state index in [1.54, 1.807) is 11.6 Å². The van der Waals surface area contributed by atoms with E-state index in [1.807, 2.05) is 0 Å². The van der Waals surface area contributed by atoms with Crippen molar-refractivity contribution in [2.24, 2.45) is 7.05 Å². The van der Waals surface area contributed by atoms with E-state index in [0.717, 1.165) is 0 Å². The lowest BCUT2D eigenvalue weighted by atomic mass is 10.4. The molecule has 0 atom stereocenters. The number of hydrogen-bond acceptors (Lipinski definition) is 5. The molecular weight excluding hydrogens is 435 g/mol. The molecule has 1 aliphatic heterocycles. The first-order valence-electron chi connectivity index (χ1n) is 8.06. The second kappa shape index (κ2) is 7.69. The maximum atomic E-state index is 12.9. The average molecular weight is 453 g/mol. The van der Waals surface area contributed by atoms with E-state index in [9.17, 15) is 16.8 Å². The van der Waals surface area contributed by atoms with Crippen molar-refractivity contribution >= 4 is 43.2 Å². The van der Waals surface area contributed by atoms with Crippen LogP contribution in [0.5, 0.6) is 0 Å². The maximum Gasteiger partial charge on any atom is 0.262 e. The quantitative estimate of drug-likeness (QED) is 0.704. The summed E-state index contributed by atoms with van der Waals surface area (Å²) in [7, 11) is -5.99. The van der Waals surface area contributed by atoms with Crippen LogP contribution in [0, 0.1) is 0 Å². The molecule has 2 heterocycles. The molecule has 148 valence electrons. The highest BCUT2D eigenvalue weighted by molar-refractivity contribution is 7.89. The summed E-state index contributed by atoms with van der Waals surface area (Å²) in [6.45, 7) is 0.418. The Morgan fingerprint density at radius 1 is 0.963 bits per heavy atom. The molecule has 0 N–H and O–H groups in total. The molecule has 0 radical (unpaired) electrons. The lowest BCUT2D eigenvalue weighted by Gasteiger charge is -2.21. The fourth-order valence-corrected chi connectivity index (χ4v) is 6.46. The van der Waals surface area contributed by atoms with Gasteiger partial charge < -0.3 is 4.57 Å². The third kappa shape index (κ3) is 4.15. The van der Waals surface area contributed by atoms with Crippen molar-refractivity contribution in [2.45, 2.75) is 16.3 Å². The lowest BCUT2D eigenvalue weighted by Crippen LogP contribution is -2.37.